The Kier molecular flexibility index (Phi) is 4.99. The van der Waals surface area contributed by atoms with Crippen molar-refractivity contribution in [2.75, 3.05) is 5.32 Å². The number of primary amides is 1. The molecular weight excluding hydrogens is 314 g/mol. The van der Waals surface area contributed by atoms with E-state index >= 15 is 0 Å². The molecule has 25 heavy (non-hydrogen) atoms. The smallest absolute Gasteiger partial charge is 0.312 e. The minimum absolute atomic E-state index is 0.427. The first-order valence-corrected chi connectivity index (χ1v) is 8.06. The average Bonchev–Trinajstić information content (AvgIpc) is 3.00. The molecule has 1 aromatic heterocycles. The summed E-state index contributed by atoms with van der Waals surface area (Å²) >= 11 is 0. The van der Waals surface area contributed by atoms with E-state index < -0.39 is 6.03 Å². The number of hydrogen-bond acceptors (Lipinski definition) is 3. The van der Waals surface area contributed by atoms with Gasteiger partial charge in [0.2, 0.25) is 0 Å². The number of benzene rings is 2. The summed E-state index contributed by atoms with van der Waals surface area (Å²) in [4.78, 5) is 10.7. The number of amides is 2. The van der Waals surface area contributed by atoms with Crippen molar-refractivity contribution >= 4 is 11.7 Å². The Bertz CT molecular complexity index is 840. The normalized spacial score (nSPS) is 10.4. The van der Waals surface area contributed by atoms with Gasteiger partial charge in [-0.05, 0) is 17.7 Å². The van der Waals surface area contributed by atoms with E-state index in [0.717, 1.165) is 28.1 Å². The van der Waals surface area contributed by atoms with Crippen molar-refractivity contribution in [1.82, 2.24) is 15.1 Å². The van der Waals surface area contributed by atoms with E-state index in [1.807, 2.05) is 60.4 Å². The molecule has 0 aliphatic rings. The summed E-state index contributed by atoms with van der Waals surface area (Å²) in [6, 6.07) is 17.5. The molecule has 0 aliphatic heterocycles. The molecular formula is C19H21N5O. The summed E-state index contributed by atoms with van der Waals surface area (Å²) in [7, 11) is 1.93. The number of nitrogens with one attached hydrogen (secondary N) is 2. The van der Waals surface area contributed by atoms with E-state index in [1.54, 1.807) is 0 Å². The highest BCUT2D eigenvalue weighted by Crippen LogP contribution is 2.22. The molecule has 0 saturated carbocycles. The Hall–Kier alpha value is -3.28. The van der Waals surface area contributed by atoms with Gasteiger partial charge in [0, 0.05) is 43.1 Å². The van der Waals surface area contributed by atoms with Gasteiger partial charge in [-0.2, -0.15) is 5.10 Å². The van der Waals surface area contributed by atoms with Crippen molar-refractivity contribution in [3.05, 3.63) is 71.9 Å². The highest BCUT2D eigenvalue weighted by Gasteiger charge is 2.09. The fourth-order valence-electron chi connectivity index (χ4n) is 2.63. The molecule has 2 amide bonds. The van der Waals surface area contributed by atoms with Crippen LogP contribution in [0.2, 0.25) is 0 Å². The van der Waals surface area contributed by atoms with Crippen LogP contribution in [-0.4, -0.2) is 15.8 Å². The molecule has 0 spiro atoms. The maximum absolute atomic E-state index is 10.7. The fourth-order valence-corrected chi connectivity index (χ4v) is 2.63. The van der Waals surface area contributed by atoms with E-state index in [0.29, 0.717) is 13.1 Å². The first-order valence-electron chi connectivity index (χ1n) is 8.06. The van der Waals surface area contributed by atoms with E-state index in [-0.39, 0.29) is 0 Å². The molecule has 6 heteroatoms. The van der Waals surface area contributed by atoms with Crippen LogP contribution in [-0.2, 0) is 20.1 Å². The quantitative estimate of drug-likeness (QED) is 0.647. The lowest BCUT2D eigenvalue weighted by Gasteiger charge is -2.08. The first-order chi connectivity index (χ1) is 12.1. The second-order valence-corrected chi connectivity index (χ2v) is 5.81. The van der Waals surface area contributed by atoms with Crippen LogP contribution in [0.5, 0.6) is 0 Å². The van der Waals surface area contributed by atoms with Crippen LogP contribution in [0, 0.1) is 0 Å². The Labute approximate surface area is 146 Å². The van der Waals surface area contributed by atoms with Crippen molar-refractivity contribution in [2.45, 2.75) is 13.1 Å². The predicted molar refractivity (Wildman–Crippen MR) is 98.8 cm³/mol. The third-order valence-electron chi connectivity index (χ3n) is 3.86. The van der Waals surface area contributed by atoms with Gasteiger partial charge in [-0.3, -0.25) is 4.68 Å². The Morgan fingerprint density at radius 2 is 1.80 bits per heavy atom. The zero-order valence-corrected chi connectivity index (χ0v) is 14.1. The van der Waals surface area contributed by atoms with Crippen molar-refractivity contribution in [3.8, 4) is 11.3 Å². The molecule has 0 fully saturated rings. The van der Waals surface area contributed by atoms with Gasteiger partial charge in [0.15, 0.2) is 0 Å². The number of carbonyl (C=O) groups is 1. The Morgan fingerprint density at radius 3 is 2.48 bits per heavy atom. The molecule has 1 heterocycles. The van der Waals surface area contributed by atoms with Crippen LogP contribution in [0.4, 0.5) is 10.5 Å². The summed E-state index contributed by atoms with van der Waals surface area (Å²) in [5, 5.41) is 10.6. The lowest BCUT2D eigenvalue weighted by molar-refractivity contribution is 0.248. The van der Waals surface area contributed by atoms with Gasteiger partial charge in [-0.15, -0.1) is 0 Å². The van der Waals surface area contributed by atoms with E-state index in [4.69, 9.17) is 5.73 Å². The van der Waals surface area contributed by atoms with Crippen LogP contribution in [0.3, 0.4) is 0 Å². The number of aryl methyl sites for hydroxylation is 1. The van der Waals surface area contributed by atoms with E-state index in [9.17, 15) is 4.79 Å². The summed E-state index contributed by atoms with van der Waals surface area (Å²) in [6.45, 7) is 1.10. The highest BCUT2D eigenvalue weighted by atomic mass is 16.2. The van der Waals surface area contributed by atoms with Gasteiger partial charge in [0.25, 0.3) is 0 Å². The Balaban J connectivity index is 1.67. The molecule has 4 N–H and O–H groups in total. The van der Waals surface area contributed by atoms with Crippen LogP contribution in [0.15, 0.2) is 60.8 Å². The molecule has 0 atom stereocenters. The molecule has 0 saturated heterocycles. The van der Waals surface area contributed by atoms with Crippen molar-refractivity contribution in [1.29, 1.82) is 0 Å². The minimum Gasteiger partial charge on any atom is -0.381 e. The first kappa shape index (κ1) is 16.6. The number of urea groups is 1. The number of nitrogens with two attached hydrogens (primary N) is 1. The lowest BCUT2D eigenvalue weighted by atomic mass is 10.1. The summed E-state index contributed by atoms with van der Waals surface area (Å²) in [6.07, 6.45) is 2.03. The van der Waals surface area contributed by atoms with Crippen LogP contribution in [0.1, 0.15) is 11.1 Å². The lowest BCUT2D eigenvalue weighted by Crippen LogP contribution is -2.28. The zero-order chi connectivity index (χ0) is 17.6. The molecule has 0 aliphatic carbocycles. The van der Waals surface area contributed by atoms with E-state index in [1.165, 1.54) is 0 Å². The van der Waals surface area contributed by atoms with Gasteiger partial charge in [0.05, 0.1) is 5.69 Å². The second kappa shape index (κ2) is 7.53. The monoisotopic (exact) mass is 335 g/mol. The van der Waals surface area contributed by atoms with Gasteiger partial charge >= 0.3 is 6.03 Å². The van der Waals surface area contributed by atoms with Crippen molar-refractivity contribution < 1.29 is 4.79 Å². The number of rotatable bonds is 6. The number of nitrogens with zero attached hydrogens (tertiary/aromatic N) is 2. The maximum atomic E-state index is 10.7. The molecule has 6 nitrogen and oxygen atoms in total. The number of aromatic nitrogens is 2. The number of hydrogen-bond donors (Lipinski definition) is 3. The van der Waals surface area contributed by atoms with Crippen molar-refractivity contribution in [3.63, 3.8) is 0 Å². The molecule has 0 radical (unpaired) electrons. The molecule has 0 unspecified atom stereocenters. The average molecular weight is 335 g/mol. The molecule has 0 bridgehead atoms. The standard InChI is InChI=1S/C19H21N5O/c1-24-13-16(18(23-24)15-5-3-2-4-6-15)12-21-17-9-7-14(8-10-17)11-22-19(20)25/h2-10,13,21H,11-12H2,1H3,(H3,20,22,25). The minimum atomic E-state index is -0.521. The van der Waals surface area contributed by atoms with E-state index in [2.05, 4.69) is 27.9 Å². The van der Waals surface area contributed by atoms with Gasteiger partial charge in [-0.25, -0.2) is 4.79 Å². The highest BCUT2D eigenvalue weighted by molar-refractivity contribution is 5.71. The molecule has 128 valence electrons. The summed E-state index contributed by atoms with van der Waals surface area (Å²) in [5.41, 5.74) is 10.3. The summed E-state index contributed by atoms with van der Waals surface area (Å²) in [5.74, 6) is 0. The van der Waals surface area contributed by atoms with Crippen LogP contribution < -0.4 is 16.4 Å². The van der Waals surface area contributed by atoms with Gasteiger partial charge < -0.3 is 16.4 Å². The topological polar surface area (TPSA) is 85.0 Å². The van der Waals surface area contributed by atoms with Gasteiger partial charge in [0.1, 0.15) is 0 Å². The maximum Gasteiger partial charge on any atom is 0.312 e. The molecule has 2 aromatic carbocycles. The summed E-state index contributed by atoms with van der Waals surface area (Å²) < 4.78 is 1.83. The number of anilines is 1. The van der Waals surface area contributed by atoms with Crippen LogP contribution in [0.25, 0.3) is 11.3 Å². The zero-order valence-electron chi connectivity index (χ0n) is 14.1. The predicted octanol–water partition coefficient (Wildman–Crippen LogP) is 2.87. The SMILES string of the molecule is Cn1cc(CNc2ccc(CNC(N)=O)cc2)c(-c2ccccc2)n1. The number of carbonyl (C=O) groups excluding carboxylic acids is 1. The largest absolute Gasteiger partial charge is 0.381 e. The third-order valence-corrected chi connectivity index (χ3v) is 3.86. The molecule has 3 aromatic rings. The Morgan fingerprint density at radius 1 is 1.08 bits per heavy atom. The van der Waals surface area contributed by atoms with Crippen LogP contribution >= 0.6 is 0 Å². The van der Waals surface area contributed by atoms with Crippen molar-refractivity contribution in [2.24, 2.45) is 12.8 Å². The fraction of sp³-hybridized carbons (Fsp3) is 0.158. The second-order valence-electron chi connectivity index (χ2n) is 5.81. The molecule has 3 rings (SSSR count). The van der Waals surface area contributed by atoms with Gasteiger partial charge in [-0.1, -0.05) is 42.5 Å². The third kappa shape index (κ3) is 4.38.